The first-order valence-corrected chi connectivity index (χ1v) is 8.31. The van der Waals surface area contributed by atoms with Crippen LogP contribution in [0.2, 0.25) is 15.2 Å². The fraction of sp³-hybridized carbons (Fsp3) is 0. The van der Waals surface area contributed by atoms with Crippen LogP contribution in [-0.2, 0) is 10.0 Å². The molecule has 1 aromatic heterocycles. The minimum atomic E-state index is -4.13. The van der Waals surface area contributed by atoms with Crippen LogP contribution in [0.25, 0.3) is 0 Å². The van der Waals surface area contributed by atoms with Crippen molar-refractivity contribution in [3.05, 3.63) is 51.6 Å². The standard InChI is InChI=1S/C12H8Cl3N3O3S/c13-7-3-1-2-4-9(7)22(20,21)18-12(19)17-11-8(14)5-6-10(15)16-11/h1-6H,(H2,16,17,18,19). The third kappa shape index (κ3) is 4.01. The van der Waals surface area contributed by atoms with E-state index in [1.807, 2.05) is 0 Å². The first-order valence-electron chi connectivity index (χ1n) is 5.70. The zero-order chi connectivity index (χ0) is 16.3. The van der Waals surface area contributed by atoms with Crippen molar-refractivity contribution in [2.75, 3.05) is 5.32 Å². The van der Waals surface area contributed by atoms with E-state index in [4.69, 9.17) is 34.8 Å². The number of aromatic nitrogens is 1. The molecule has 2 N–H and O–H groups in total. The van der Waals surface area contributed by atoms with Gasteiger partial charge in [0.15, 0.2) is 5.82 Å². The van der Waals surface area contributed by atoms with E-state index < -0.39 is 16.1 Å². The zero-order valence-corrected chi connectivity index (χ0v) is 13.8. The predicted molar refractivity (Wildman–Crippen MR) is 85.0 cm³/mol. The second-order valence-electron chi connectivity index (χ2n) is 3.95. The Labute approximate surface area is 141 Å². The van der Waals surface area contributed by atoms with Crippen molar-refractivity contribution < 1.29 is 13.2 Å². The number of nitrogens with zero attached hydrogens (tertiary/aromatic N) is 1. The van der Waals surface area contributed by atoms with Crippen LogP contribution < -0.4 is 10.0 Å². The molecule has 0 aliphatic carbocycles. The molecule has 0 aliphatic heterocycles. The van der Waals surface area contributed by atoms with Gasteiger partial charge in [0.25, 0.3) is 10.0 Å². The minimum absolute atomic E-state index is 0.0123. The highest BCUT2D eigenvalue weighted by Gasteiger charge is 2.21. The number of carbonyl (C=O) groups is 1. The predicted octanol–water partition coefficient (Wildman–Crippen LogP) is 3.55. The van der Waals surface area contributed by atoms with E-state index in [1.54, 1.807) is 10.8 Å². The van der Waals surface area contributed by atoms with Crippen molar-refractivity contribution in [1.82, 2.24) is 9.71 Å². The SMILES string of the molecule is O=C(Nc1nc(Cl)ccc1Cl)NS(=O)(=O)c1ccccc1Cl. The van der Waals surface area contributed by atoms with Gasteiger partial charge in [0.1, 0.15) is 10.0 Å². The van der Waals surface area contributed by atoms with Crippen LogP contribution >= 0.6 is 34.8 Å². The number of sulfonamides is 1. The topological polar surface area (TPSA) is 88.2 Å². The van der Waals surface area contributed by atoms with Gasteiger partial charge in [0.2, 0.25) is 0 Å². The number of halogens is 3. The molecule has 1 aromatic carbocycles. The van der Waals surface area contributed by atoms with Gasteiger partial charge in [-0.1, -0.05) is 46.9 Å². The van der Waals surface area contributed by atoms with Crippen LogP contribution in [-0.4, -0.2) is 19.4 Å². The van der Waals surface area contributed by atoms with Gasteiger partial charge in [-0.3, -0.25) is 5.32 Å². The van der Waals surface area contributed by atoms with Crippen LogP contribution in [0.1, 0.15) is 0 Å². The summed E-state index contributed by atoms with van der Waals surface area (Å²) in [5.74, 6) is -0.0685. The maximum absolute atomic E-state index is 12.1. The number of amides is 2. The van der Waals surface area contributed by atoms with Crippen LogP contribution in [0.4, 0.5) is 10.6 Å². The number of rotatable bonds is 3. The molecule has 0 unspecified atom stereocenters. The summed E-state index contributed by atoms with van der Waals surface area (Å²) in [4.78, 5) is 15.3. The van der Waals surface area contributed by atoms with Crippen LogP contribution in [0.5, 0.6) is 0 Å². The lowest BCUT2D eigenvalue weighted by Crippen LogP contribution is -2.34. The molecule has 22 heavy (non-hydrogen) atoms. The largest absolute Gasteiger partial charge is 0.334 e. The second kappa shape index (κ2) is 6.70. The van der Waals surface area contributed by atoms with Gasteiger partial charge in [-0.2, -0.15) is 0 Å². The normalized spacial score (nSPS) is 11.0. The van der Waals surface area contributed by atoms with Crippen molar-refractivity contribution in [3.63, 3.8) is 0 Å². The fourth-order valence-electron chi connectivity index (χ4n) is 1.48. The molecular formula is C12H8Cl3N3O3S. The fourth-order valence-corrected chi connectivity index (χ4v) is 3.21. The van der Waals surface area contributed by atoms with Crippen molar-refractivity contribution in [2.45, 2.75) is 4.90 Å². The summed E-state index contributed by atoms with van der Waals surface area (Å²) < 4.78 is 25.9. The molecule has 0 saturated carbocycles. The molecule has 2 rings (SSSR count). The molecule has 10 heteroatoms. The minimum Gasteiger partial charge on any atom is -0.290 e. The van der Waals surface area contributed by atoms with Gasteiger partial charge in [0.05, 0.1) is 10.0 Å². The van der Waals surface area contributed by atoms with E-state index in [1.165, 1.54) is 30.3 Å². The third-order valence-corrected chi connectivity index (χ3v) is 4.74. The summed E-state index contributed by atoms with van der Waals surface area (Å²) >= 11 is 17.3. The number of pyridine rings is 1. The summed E-state index contributed by atoms with van der Waals surface area (Å²) in [6, 6.07) is 7.50. The molecule has 2 amide bonds. The Morgan fingerprint density at radius 2 is 1.68 bits per heavy atom. The molecule has 1 heterocycles. The molecule has 0 bridgehead atoms. The van der Waals surface area contributed by atoms with Gasteiger partial charge in [-0.15, -0.1) is 0 Å². The molecule has 0 fully saturated rings. The molecule has 6 nitrogen and oxygen atoms in total. The Morgan fingerprint density at radius 1 is 1.00 bits per heavy atom. The van der Waals surface area contributed by atoms with Gasteiger partial charge in [-0.25, -0.2) is 22.9 Å². The van der Waals surface area contributed by atoms with E-state index in [-0.39, 0.29) is 25.9 Å². The summed E-state index contributed by atoms with van der Waals surface area (Å²) in [6.07, 6.45) is 0. The maximum Gasteiger partial charge on any atom is 0.334 e. The Balaban J connectivity index is 2.18. The molecular weight excluding hydrogens is 373 g/mol. The second-order valence-corrected chi connectivity index (χ2v) is 6.81. The summed E-state index contributed by atoms with van der Waals surface area (Å²) in [6.45, 7) is 0. The Bertz CT molecular complexity index is 827. The van der Waals surface area contributed by atoms with Gasteiger partial charge in [-0.05, 0) is 24.3 Å². The number of hydrogen-bond acceptors (Lipinski definition) is 4. The average molecular weight is 381 g/mol. The lowest BCUT2D eigenvalue weighted by atomic mass is 10.4. The number of nitrogens with one attached hydrogen (secondary N) is 2. The highest BCUT2D eigenvalue weighted by molar-refractivity contribution is 7.90. The van der Waals surface area contributed by atoms with Gasteiger partial charge < -0.3 is 0 Å². The van der Waals surface area contributed by atoms with Crippen molar-refractivity contribution in [1.29, 1.82) is 0 Å². The number of anilines is 1. The lowest BCUT2D eigenvalue weighted by molar-refractivity contribution is 0.256. The van der Waals surface area contributed by atoms with E-state index in [0.717, 1.165) is 0 Å². The molecule has 0 atom stereocenters. The highest BCUT2D eigenvalue weighted by atomic mass is 35.5. The molecule has 0 aliphatic rings. The highest BCUT2D eigenvalue weighted by Crippen LogP contribution is 2.22. The van der Waals surface area contributed by atoms with Crippen LogP contribution in [0.3, 0.4) is 0 Å². The van der Waals surface area contributed by atoms with E-state index in [9.17, 15) is 13.2 Å². The van der Waals surface area contributed by atoms with Crippen LogP contribution in [0, 0.1) is 0 Å². The Morgan fingerprint density at radius 3 is 2.36 bits per heavy atom. The number of urea groups is 1. The lowest BCUT2D eigenvalue weighted by Gasteiger charge is -2.10. The van der Waals surface area contributed by atoms with E-state index in [2.05, 4.69) is 10.3 Å². The summed E-state index contributed by atoms with van der Waals surface area (Å²) in [5.41, 5.74) is 0. The quantitative estimate of drug-likeness (QED) is 0.797. The molecule has 0 spiro atoms. The van der Waals surface area contributed by atoms with Crippen molar-refractivity contribution in [3.8, 4) is 0 Å². The number of hydrogen-bond donors (Lipinski definition) is 2. The van der Waals surface area contributed by atoms with Crippen LogP contribution in [0.15, 0.2) is 41.3 Å². The Hall–Kier alpha value is -1.54. The molecule has 116 valence electrons. The Kier molecular flexibility index (Phi) is 5.12. The van der Waals surface area contributed by atoms with Crippen molar-refractivity contribution >= 4 is 56.7 Å². The van der Waals surface area contributed by atoms with Crippen molar-refractivity contribution in [2.24, 2.45) is 0 Å². The smallest absolute Gasteiger partial charge is 0.290 e. The molecule has 2 aromatic rings. The number of carbonyl (C=O) groups excluding carboxylic acids is 1. The molecule has 0 saturated heterocycles. The van der Waals surface area contributed by atoms with E-state index >= 15 is 0 Å². The first-order chi connectivity index (χ1) is 10.3. The maximum atomic E-state index is 12.1. The average Bonchev–Trinajstić information content (AvgIpc) is 2.42. The zero-order valence-electron chi connectivity index (χ0n) is 10.7. The van der Waals surface area contributed by atoms with E-state index in [0.29, 0.717) is 0 Å². The van der Waals surface area contributed by atoms with Gasteiger partial charge in [0, 0.05) is 0 Å². The molecule has 0 radical (unpaired) electrons. The summed E-state index contributed by atoms with van der Waals surface area (Å²) in [7, 11) is -4.13. The monoisotopic (exact) mass is 379 g/mol. The first kappa shape index (κ1) is 16.8. The summed E-state index contributed by atoms with van der Waals surface area (Å²) in [5, 5.41) is 2.38. The number of benzene rings is 1. The van der Waals surface area contributed by atoms with Gasteiger partial charge >= 0.3 is 6.03 Å². The third-order valence-electron chi connectivity index (χ3n) is 2.40.